The van der Waals surface area contributed by atoms with Crippen molar-refractivity contribution in [2.75, 3.05) is 11.9 Å². The van der Waals surface area contributed by atoms with Crippen LogP contribution in [0.25, 0.3) is 10.2 Å². The number of allylic oxidation sites excluding steroid dienone is 1. The zero-order valence-corrected chi connectivity index (χ0v) is 18.7. The minimum atomic E-state index is -0.328. The van der Waals surface area contributed by atoms with Gasteiger partial charge in [0.15, 0.2) is 4.80 Å². The molecule has 1 N–H and O–H groups in total. The van der Waals surface area contributed by atoms with E-state index in [1.165, 1.54) is 18.3 Å². The molecule has 162 valence electrons. The summed E-state index contributed by atoms with van der Waals surface area (Å²) in [6.07, 6.45) is 5.00. The Kier molecular flexibility index (Phi) is 7.78. The Bertz CT molecular complexity index is 1160. The molecule has 0 atom stereocenters. The number of nitrogens with one attached hydrogen (secondary N) is 1. The molecule has 3 aromatic rings. The number of hydrogen-bond acceptors (Lipinski definition) is 4. The second-order valence-electron chi connectivity index (χ2n) is 7.15. The fourth-order valence-electron chi connectivity index (χ4n) is 3.16. The van der Waals surface area contributed by atoms with Crippen molar-refractivity contribution in [2.24, 2.45) is 4.99 Å². The maximum absolute atomic E-state index is 12.9. The van der Waals surface area contributed by atoms with Crippen molar-refractivity contribution in [3.63, 3.8) is 0 Å². The van der Waals surface area contributed by atoms with E-state index in [1.807, 2.05) is 28.8 Å². The third-order valence-corrected chi connectivity index (χ3v) is 5.65. The maximum Gasteiger partial charge on any atom is 0.279 e. The van der Waals surface area contributed by atoms with Crippen molar-refractivity contribution in [3.05, 3.63) is 65.5 Å². The second kappa shape index (κ2) is 10.7. The van der Waals surface area contributed by atoms with Crippen molar-refractivity contribution >= 4 is 39.1 Å². The second-order valence-corrected chi connectivity index (χ2v) is 8.16. The van der Waals surface area contributed by atoms with Gasteiger partial charge in [0.2, 0.25) is 5.91 Å². The van der Waals surface area contributed by atoms with Crippen LogP contribution in [0.5, 0.6) is 5.75 Å². The molecule has 31 heavy (non-hydrogen) atoms. The largest absolute Gasteiger partial charge is 0.494 e. The molecule has 0 aliphatic heterocycles. The number of unbranched alkanes of at least 4 members (excludes halogenated alkanes) is 2. The Hall–Kier alpha value is -3.19. The van der Waals surface area contributed by atoms with Gasteiger partial charge in [-0.15, -0.1) is 6.58 Å². The zero-order chi connectivity index (χ0) is 22.2. The lowest BCUT2D eigenvalue weighted by atomic mass is 10.2. The van der Waals surface area contributed by atoms with Crippen molar-refractivity contribution < 1.29 is 14.3 Å². The van der Waals surface area contributed by atoms with Gasteiger partial charge in [0, 0.05) is 24.7 Å². The molecule has 1 heterocycles. The summed E-state index contributed by atoms with van der Waals surface area (Å²) >= 11 is 1.40. The molecule has 7 heteroatoms. The normalized spacial score (nSPS) is 11.5. The van der Waals surface area contributed by atoms with Crippen LogP contribution >= 0.6 is 11.3 Å². The summed E-state index contributed by atoms with van der Waals surface area (Å²) in [6, 6.07) is 12.8. The van der Waals surface area contributed by atoms with Crippen LogP contribution in [-0.4, -0.2) is 23.0 Å². The number of benzene rings is 2. The molecule has 0 saturated heterocycles. The number of rotatable bonds is 9. The molecule has 0 unspecified atom stereocenters. The molecule has 0 aliphatic carbocycles. The van der Waals surface area contributed by atoms with E-state index in [-0.39, 0.29) is 11.8 Å². The topological polar surface area (TPSA) is 72.7 Å². The number of thiazole rings is 1. The predicted molar refractivity (Wildman–Crippen MR) is 126 cm³/mol. The Morgan fingerprint density at radius 1 is 1.23 bits per heavy atom. The molecular weight excluding hydrogens is 410 g/mol. The van der Waals surface area contributed by atoms with Crippen molar-refractivity contribution in [1.82, 2.24) is 4.57 Å². The van der Waals surface area contributed by atoms with Gasteiger partial charge in [0.05, 0.1) is 16.8 Å². The average molecular weight is 438 g/mol. The van der Waals surface area contributed by atoms with Gasteiger partial charge in [-0.25, -0.2) is 0 Å². The zero-order valence-electron chi connectivity index (χ0n) is 17.9. The number of hydrogen-bond donors (Lipinski definition) is 1. The Morgan fingerprint density at radius 3 is 2.81 bits per heavy atom. The SMILES string of the molecule is C=CCn1c(=NC(=O)c2cccc(OCCCCC)c2)sc2cc(NC(C)=O)ccc21. The van der Waals surface area contributed by atoms with Gasteiger partial charge >= 0.3 is 0 Å². The lowest BCUT2D eigenvalue weighted by Crippen LogP contribution is -2.16. The van der Waals surface area contributed by atoms with Crippen molar-refractivity contribution in [3.8, 4) is 5.75 Å². The highest BCUT2D eigenvalue weighted by Crippen LogP contribution is 2.22. The first-order chi connectivity index (χ1) is 15.0. The molecule has 0 aliphatic rings. The highest BCUT2D eigenvalue weighted by Gasteiger charge is 2.10. The standard InChI is InChI=1S/C24H27N3O3S/c1-4-6-7-14-30-20-10-8-9-18(15-20)23(29)26-24-27(13-5-2)21-12-11-19(25-17(3)28)16-22(21)31-24/h5,8-12,15-16H,2,4,6-7,13-14H2,1,3H3,(H,25,28). The molecule has 0 fully saturated rings. The van der Waals surface area contributed by atoms with Gasteiger partial charge in [-0.1, -0.05) is 43.2 Å². The van der Waals surface area contributed by atoms with Crippen LogP contribution in [0.1, 0.15) is 43.5 Å². The van der Waals surface area contributed by atoms with E-state index < -0.39 is 0 Å². The highest BCUT2D eigenvalue weighted by molar-refractivity contribution is 7.16. The number of carbonyl (C=O) groups is 2. The molecular formula is C24H27N3O3S. The van der Waals surface area contributed by atoms with E-state index in [9.17, 15) is 9.59 Å². The third kappa shape index (κ3) is 5.92. The van der Waals surface area contributed by atoms with Crippen LogP contribution in [-0.2, 0) is 11.3 Å². The summed E-state index contributed by atoms with van der Waals surface area (Å²) in [7, 11) is 0. The molecule has 2 aromatic carbocycles. The summed E-state index contributed by atoms with van der Waals surface area (Å²) in [6.45, 7) is 8.59. The lowest BCUT2D eigenvalue weighted by Gasteiger charge is -2.06. The molecule has 2 amide bonds. The van der Waals surface area contributed by atoms with Crippen molar-refractivity contribution in [1.29, 1.82) is 0 Å². The number of anilines is 1. The van der Waals surface area contributed by atoms with Gasteiger partial charge < -0.3 is 14.6 Å². The first-order valence-electron chi connectivity index (χ1n) is 10.4. The van der Waals surface area contributed by atoms with E-state index in [4.69, 9.17) is 4.74 Å². The number of carbonyl (C=O) groups excluding carboxylic acids is 2. The summed E-state index contributed by atoms with van der Waals surface area (Å²) in [4.78, 5) is 29.2. The lowest BCUT2D eigenvalue weighted by molar-refractivity contribution is -0.114. The quantitative estimate of drug-likeness (QED) is 0.371. The van der Waals surface area contributed by atoms with Gasteiger partial charge in [-0.2, -0.15) is 4.99 Å². The molecule has 0 bridgehead atoms. The minimum absolute atomic E-state index is 0.133. The first kappa shape index (κ1) is 22.5. The number of nitrogens with zero attached hydrogens (tertiary/aromatic N) is 2. The van der Waals surface area contributed by atoms with E-state index in [1.54, 1.807) is 24.3 Å². The molecule has 1 aromatic heterocycles. The summed E-state index contributed by atoms with van der Waals surface area (Å²) in [5.41, 5.74) is 2.12. The maximum atomic E-state index is 12.9. The fourth-order valence-corrected chi connectivity index (χ4v) is 4.23. The van der Waals surface area contributed by atoms with Crippen LogP contribution in [0.4, 0.5) is 5.69 Å². The summed E-state index contributed by atoms with van der Waals surface area (Å²) < 4.78 is 8.62. The van der Waals surface area contributed by atoms with Crippen LogP contribution in [0, 0.1) is 0 Å². The molecule has 3 rings (SSSR count). The number of ether oxygens (including phenoxy) is 1. The Labute approximate surface area is 185 Å². The number of aromatic nitrogens is 1. The Balaban J connectivity index is 1.91. The fraction of sp³-hybridized carbons (Fsp3) is 0.292. The van der Waals surface area contributed by atoms with E-state index in [2.05, 4.69) is 23.8 Å². The Morgan fingerprint density at radius 2 is 2.06 bits per heavy atom. The van der Waals surface area contributed by atoms with E-state index in [0.717, 1.165) is 29.5 Å². The molecule has 0 spiro atoms. The smallest absolute Gasteiger partial charge is 0.279 e. The number of amides is 2. The first-order valence-corrected chi connectivity index (χ1v) is 11.2. The van der Waals surface area contributed by atoms with E-state index >= 15 is 0 Å². The predicted octanol–water partition coefficient (Wildman–Crippen LogP) is 5.16. The van der Waals surface area contributed by atoms with Gasteiger partial charge in [-0.3, -0.25) is 9.59 Å². The highest BCUT2D eigenvalue weighted by atomic mass is 32.1. The van der Waals surface area contributed by atoms with Crippen LogP contribution in [0.15, 0.2) is 60.1 Å². The van der Waals surface area contributed by atoms with Crippen LogP contribution < -0.4 is 14.9 Å². The molecule has 6 nitrogen and oxygen atoms in total. The van der Waals surface area contributed by atoms with Crippen LogP contribution in [0.2, 0.25) is 0 Å². The van der Waals surface area contributed by atoms with Gasteiger partial charge in [0.1, 0.15) is 5.75 Å². The van der Waals surface area contributed by atoms with Gasteiger partial charge in [-0.05, 0) is 42.8 Å². The minimum Gasteiger partial charge on any atom is -0.494 e. The monoisotopic (exact) mass is 437 g/mol. The molecule has 0 radical (unpaired) electrons. The van der Waals surface area contributed by atoms with E-state index in [0.29, 0.717) is 35.0 Å². The summed E-state index contributed by atoms with van der Waals surface area (Å²) in [5, 5.41) is 2.78. The third-order valence-electron chi connectivity index (χ3n) is 4.61. The van der Waals surface area contributed by atoms with Crippen LogP contribution in [0.3, 0.4) is 0 Å². The average Bonchev–Trinajstić information content (AvgIpc) is 3.07. The van der Waals surface area contributed by atoms with Crippen molar-refractivity contribution in [2.45, 2.75) is 39.7 Å². The van der Waals surface area contributed by atoms with Gasteiger partial charge in [0.25, 0.3) is 5.91 Å². The molecule has 0 saturated carbocycles. The summed E-state index contributed by atoms with van der Waals surface area (Å²) in [5.74, 6) is 0.213. The number of fused-ring (bicyclic) bond motifs is 1.